The zero-order valence-corrected chi connectivity index (χ0v) is 36.9. The van der Waals surface area contributed by atoms with Gasteiger partial charge in [-0.2, -0.15) is 21.9 Å². The van der Waals surface area contributed by atoms with Crippen molar-refractivity contribution >= 4 is 28.0 Å². The Hall–Kier alpha value is -5.77. The zero-order chi connectivity index (χ0) is 42.8. The Morgan fingerprint density at radius 2 is 0.762 bits per heavy atom. The minimum absolute atomic E-state index is 0.835. The second kappa shape index (κ2) is 23.1. The van der Waals surface area contributed by atoms with Crippen molar-refractivity contribution in [3.05, 3.63) is 210 Å². The van der Waals surface area contributed by atoms with E-state index in [0.29, 0.717) is 0 Å². The number of quaternary nitrogens is 1. The number of fused-ring (bicyclic) bond motifs is 6. The summed E-state index contributed by atoms with van der Waals surface area (Å²) in [7, 11) is 0. The fraction of sp³-hybridized carbons (Fsp3) is 0.291. The molecule has 0 aliphatic carbocycles. The Balaban J connectivity index is 0.000000188. The number of nitrogens with two attached hydrogens (primary N) is 1. The highest BCUT2D eigenvalue weighted by molar-refractivity contribution is 7.19. The van der Waals surface area contributed by atoms with E-state index in [1.165, 1.54) is 66.1 Å². The predicted octanol–water partition coefficient (Wildman–Crippen LogP) is 6.46. The molecule has 2 atom stereocenters. The lowest BCUT2D eigenvalue weighted by molar-refractivity contribution is -0.671. The van der Waals surface area contributed by atoms with Crippen LogP contribution >= 0.6 is 0 Å². The quantitative estimate of drug-likeness (QED) is 0.199. The lowest BCUT2D eigenvalue weighted by Crippen LogP contribution is -2.82. The second-order valence-corrected chi connectivity index (χ2v) is 17.4. The highest BCUT2D eigenvalue weighted by Gasteiger charge is 2.31. The average molecular weight is 834 g/mol. The summed E-state index contributed by atoms with van der Waals surface area (Å²) in [6.07, 6.45) is 6.01. The van der Waals surface area contributed by atoms with Gasteiger partial charge in [0, 0.05) is 32.7 Å². The summed E-state index contributed by atoms with van der Waals surface area (Å²) in [4.78, 5) is 20.2. The average Bonchev–Trinajstić information content (AvgIpc) is 3.33. The van der Waals surface area contributed by atoms with Crippen molar-refractivity contribution in [3.8, 4) is 0 Å². The smallest absolute Gasteiger partial charge is 0.118 e. The molecular formula is C55H64BN7. The third-order valence-electron chi connectivity index (χ3n) is 12.7. The summed E-state index contributed by atoms with van der Waals surface area (Å²) in [5.41, 5.74) is 12.3. The molecule has 0 fully saturated rings. The van der Waals surface area contributed by atoms with Gasteiger partial charge in [0.1, 0.15) is 12.7 Å². The van der Waals surface area contributed by atoms with E-state index in [1.807, 2.05) is 0 Å². The first-order valence-corrected chi connectivity index (χ1v) is 23.4. The van der Waals surface area contributed by atoms with Crippen LogP contribution in [0.3, 0.4) is 0 Å². The van der Waals surface area contributed by atoms with Gasteiger partial charge < -0.3 is 10.6 Å². The maximum atomic E-state index is 5.14. The monoisotopic (exact) mass is 834 g/mol. The molecule has 322 valence electrons. The largest absolute Gasteiger partial charge is 0.341 e. The summed E-state index contributed by atoms with van der Waals surface area (Å²) < 4.78 is 0. The van der Waals surface area contributed by atoms with Crippen molar-refractivity contribution in [2.24, 2.45) is 0 Å². The SMILES string of the molecule is c1cc2nc(c1)CN1CCCCC[NH2+]Cc3cccc(n3)CN(CCCCCNC2)Cc2cccc(n2)C1.c1ccc([B-](c2ccccc2)(c2ccccc2)c2ccccc2)cc1. The summed E-state index contributed by atoms with van der Waals surface area (Å²) in [5, 5.41) is 6.03. The van der Waals surface area contributed by atoms with E-state index in [4.69, 9.17) is 15.0 Å². The molecule has 63 heavy (non-hydrogen) atoms. The molecule has 0 saturated carbocycles. The van der Waals surface area contributed by atoms with E-state index in [1.54, 1.807) is 0 Å². The summed E-state index contributed by atoms with van der Waals surface area (Å²) >= 11 is 0. The first kappa shape index (κ1) is 43.9. The van der Waals surface area contributed by atoms with E-state index in [9.17, 15) is 0 Å². The predicted molar refractivity (Wildman–Crippen MR) is 261 cm³/mol. The van der Waals surface area contributed by atoms with Crippen molar-refractivity contribution in [2.75, 3.05) is 26.2 Å². The first-order chi connectivity index (χ1) is 31.2. The Bertz CT molecular complexity index is 2150. The van der Waals surface area contributed by atoms with Crippen LogP contribution in [-0.2, 0) is 39.3 Å². The number of rotatable bonds is 4. The number of pyridine rings is 3. The minimum atomic E-state index is -1.22. The molecule has 3 N–H and O–H groups in total. The lowest BCUT2D eigenvalue weighted by Gasteiger charge is -2.44. The van der Waals surface area contributed by atoms with Gasteiger partial charge >= 0.3 is 0 Å². The third-order valence-corrected chi connectivity index (χ3v) is 12.7. The number of nitrogens with one attached hydrogen (secondary N) is 1. The summed E-state index contributed by atoms with van der Waals surface area (Å²) in [5.74, 6) is 0. The van der Waals surface area contributed by atoms with Gasteiger partial charge in [0.05, 0.1) is 40.7 Å². The molecule has 7 aromatic rings. The van der Waals surface area contributed by atoms with Crippen molar-refractivity contribution in [2.45, 2.75) is 77.8 Å². The van der Waals surface area contributed by atoms with Crippen LogP contribution in [0.5, 0.6) is 0 Å². The van der Waals surface area contributed by atoms with Gasteiger partial charge in [0.25, 0.3) is 0 Å². The number of hydrogen-bond donors (Lipinski definition) is 2. The van der Waals surface area contributed by atoms with Crippen molar-refractivity contribution in [1.29, 1.82) is 0 Å². The van der Waals surface area contributed by atoms with E-state index >= 15 is 0 Å². The van der Waals surface area contributed by atoms with Crippen LogP contribution in [-0.4, -0.2) is 57.1 Å². The van der Waals surface area contributed by atoms with Gasteiger partial charge in [-0.05, 0) is 88.1 Å². The van der Waals surface area contributed by atoms with Gasteiger partial charge in [-0.1, -0.05) is 146 Å². The van der Waals surface area contributed by atoms with Crippen molar-refractivity contribution < 1.29 is 5.32 Å². The Morgan fingerprint density at radius 3 is 1.22 bits per heavy atom. The maximum Gasteiger partial charge on any atom is 0.118 e. The highest BCUT2D eigenvalue weighted by Crippen LogP contribution is 2.15. The van der Waals surface area contributed by atoms with Crippen LogP contribution < -0.4 is 32.5 Å². The third kappa shape index (κ3) is 12.2. The first-order valence-electron chi connectivity index (χ1n) is 23.4. The molecule has 2 unspecified atom stereocenters. The van der Waals surface area contributed by atoms with E-state index in [2.05, 4.69) is 196 Å². The summed E-state index contributed by atoms with van der Waals surface area (Å²) in [6.45, 7) is 9.52. The van der Waals surface area contributed by atoms with Gasteiger partial charge in [-0.3, -0.25) is 24.8 Å². The second-order valence-electron chi connectivity index (χ2n) is 17.4. The number of benzene rings is 4. The molecule has 7 nitrogen and oxygen atoms in total. The molecule has 4 aromatic carbocycles. The molecular weight excluding hydrogens is 769 g/mol. The molecule has 9 rings (SSSR count). The molecule has 0 spiro atoms. The standard InChI is InChI=1S/C31H43N7.C24H20B/c1-3-16-32-20-26-10-7-13-29(34-26)23-38-19-6-2-4-17-33-21-27-11-8-12-28(35-27)22-37(18-5-1)24-30-14-9-15-31(25-38)36-30;1-5-13-21(14-6-1)25(22-15-7-2-8-16-22,23-17-9-3-10-18-23)24-19-11-4-12-20-24/h7-15,32-33H,1-6,16-25H2;1-20H/q;-1/p+1. The lowest BCUT2D eigenvalue weighted by atomic mass is 9.13. The molecule has 8 heteroatoms. The minimum Gasteiger partial charge on any atom is -0.341 e. The normalized spacial score (nSPS) is 18.0. The van der Waals surface area contributed by atoms with Crippen molar-refractivity contribution in [3.63, 3.8) is 0 Å². The molecule has 3 aromatic heterocycles. The molecule has 0 saturated heterocycles. The molecule has 2 aliphatic heterocycles. The Kier molecular flexibility index (Phi) is 16.1. The van der Waals surface area contributed by atoms with Gasteiger partial charge in [-0.25, -0.2) is 0 Å². The molecule has 8 bridgehead atoms. The molecule has 5 heterocycles. The van der Waals surface area contributed by atoms with Crippen LogP contribution in [0, 0.1) is 0 Å². The topological polar surface area (TPSA) is 73.8 Å². The summed E-state index contributed by atoms with van der Waals surface area (Å²) in [6, 6.07) is 63.1. The van der Waals surface area contributed by atoms with Gasteiger partial charge in [0.2, 0.25) is 0 Å². The fourth-order valence-electron chi connectivity index (χ4n) is 9.65. The Labute approximate surface area is 376 Å². The van der Waals surface area contributed by atoms with Crippen LogP contribution in [0.4, 0.5) is 0 Å². The van der Waals surface area contributed by atoms with Crippen LogP contribution in [0.2, 0.25) is 0 Å². The van der Waals surface area contributed by atoms with Gasteiger partial charge in [-0.15, -0.1) is 0 Å². The molecule has 2 aliphatic rings. The number of hydrogen-bond acceptors (Lipinski definition) is 6. The van der Waals surface area contributed by atoms with Crippen molar-refractivity contribution in [1.82, 2.24) is 30.1 Å². The zero-order valence-electron chi connectivity index (χ0n) is 36.9. The number of nitrogens with zero attached hydrogens (tertiary/aromatic N) is 5. The van der Waals surface area contributed by atoms with E-state index in [-0.39, 0.29) is 0 Å². The fourth-order valence-corrected chi connectivity index (χ4v) is 9.65. The Morgan fingerprint density at radius 1 is 0.381 bits per heavy atom. The maximum absolute atomic E-state index is 5.14. The molecule has 0 radical (unpaired) electrons. The van der Waals surface area contributed by atoms with Crippen LogP contribution in [0.25, 0.3) is 0 Å². The van der Waals surface area contributed by atoms with Crippen LogP contribution in [0.1, 0.15) is 72.7 Å². The van der Waals surface area contributed by atoms with E-state index in [0.717, 1.165) is 93.9 Å². The highest BCUT2D eigenvalue weighted by atomic mass is 15.2. The van der Waals surface area contributed by atoms with E-state index < -0.39 is 6.15 Å². The van der Waals surface area contributed by atoms with Crippen LogP contribution in [0.15, 0.2) is 176 Å². The van der Waals surface area contributed by atoms with Gasteiger partial charge in [0.15, 0.2) is 0 Å². The molecule has 0 amide bonds. The number of aromatic nitrogens is 3.